The zero-order valence-corrected chi connectivity index (χ0v) is 14.3. The van der Waals surface area contributed by atoms with E-state index in [9.17, 15) is 4.79 Å². The first-order valence-electron chi connectivity index (χ1n) is 8.45. The van der Waals surface area contributed by atoms with Crippen molar-refractivity contribution in [2.45, 2.75) is 33.4 Å². The molecule has 0 atom stereocenters. The van der Waals surface area contributed by atoms with E-state index in [2.05, 4.69) is 49.1 Å². The minimum atomic E-state index is -0.280. The number of rotatable bonds is 6. The van der Waals surface area contributed by atoms with Gasteiger partial charge in [0, 0.05) is 24.5 Å². The molecule has 3 rings (SSSR count). The third-order valence-electron chi connectivity index (χ3n) is 4.17. The Kier molecular flexibility index (Phi) is 5.11. The molecule has 0 radical (unpaired) electrons. The van der Waals surface area contributed by atoms with Crippen molar-refractivity contribution in [1.29, 1.82) is 0 Å². The van der Waals surface area contributed by atoms with Crippen LogP contribution in [0.15, 0.2) is 63.8 Å². The highest BCUT2D eigenvalue weighted by molar-refractivity contribution is 5.80. The van der Waals surface area contributed by atoms with E-state index in [0.29, 0.717) is 5.58 Å². The first-order chi connectivity index (χ1) is 11.7. The third kappa shape index (κ3) is 3.92. The first kappa shape index (κ1) is 16.5. The van der Waals surface area contributed by atoms with Crippen LogP contribution in [0.5, 0.6) is 0 Å². The summed E-state index contributed by atoms with van der Waals surface area (Å²) in [5.74, 6) is 0. The zero-order valence-electron chi connectivity index (χ0n) is 14.3. The summed E-state index contributed by atoms with van der Waals surface area (Å²) in [5.41, 5.74) is 3.88. The molecule has 3 nitrogen and oxygen atoms in total. The molecule has 0 aliphatic rings. The summed E-state index contributed by atoms with van der Waals surface area (Å²) in [6.45, 7) is 6.85. The normalized spacial score (nSPS) is 11.3. The lowest BCUT2D eigenvalue weighted by atomic mass is 10.1. The van der Waals surface area contributed by atoms with Crippen LogP contribution in [-0.4, -0.2) is 11.4 Å². The average Bonchev–Trinajstić information content (AvgIpc) is 2.56. The van der Waals surface area contributed by atoms with Gasteiger partial charge in [-0.25, -0.2) is 4.79 Å². The highest BCUT2D eigenvalue weighted by Crippen LogP contribution is 2.21. The van der Waals surface area contributed by atoms with E-state index in [-0.39, 0.29) is 5.63 Å². The molecule has 0 aliphatic carbocycles. The quantitative estimate of drug-likeness (QED) is 0.626. The van der Waals surface area contributed by atoms with Crippen LogP contribution in [0.1, 0.15) is 30.0 Å². The van der Waals surface area contributed by atoms with Crippen molar-refractivity contribution in [1.82, 2.24) is 4.90 Å². The third-order valence-corrected chi connectivity index (χ3v) is 4.17. The summed E-state index contributed by atoms with van der Waals surface area (Å²) >= 11 is 0. The summed E-state index contributed by atoms with van der Waals surface area (Å²) < 4.78 is 5.34. The van der Waals surface area contributed by atoms with Crippen LogP contribution in [0.4, 0.5) is 0 Å². The summed E-state index contributed by atoms with van der Waals surface area (Å²) in [5, 5.41) is 1.03. The summed E-state index contributed by atoms with van der Waals surface area (Å²) in [7, 11) is 0. The zero-order chi connectivity index (χ0) is 16.9. The van der Waals surface area contributed by atoms with E-state index >= 15 is 0 Å². The fourth-order valence-electron chi connectivity index (χ4n) is 3.09. The lowest BCUT2D eigenvalue weighted by Gasteiger charge is -2.22. The molecule has 2 aromatic carbocycles. The Labute approximate surface area is 142 Å². The van der Waals surface area contributed by atoms with Gasteiger partial charge in [0.2, 0.25) is 0 Å². The largest absolute Gasteiger partial charge is 0.423 e. The van der Waals surface area contributed by atoms with Crippen molar-refractivity contribution < 1.29 is 4.42 Å². The molecule has 3 heteroatoms. The van der Waals surface area contributed by atoms with Gasteiger partial charge in [0.05, 0.1) is 0 Å². The number of benzene rings is 2. The minimum Gasteiger partial charge on any atom is -0.423 e. The van der Waals surface area contributed by atoms with E-state index in [0.717, 1.165) is 37.0 Å². The maximum absolute atomic E-state index is 11.9. The maximum atomic E-state index is 11.9. The van der Waals surface area contributed by atoms with Gasteiger partial charge >= 0.3 is 5.63 Å². The lowest BCUT2D eigenvalue weighted by Crippen LogP contribution is -2.24. The van der Waals surface area contributed by atoms with Gasteiger partial charge in [-0.3, -0.25) is 4.90 Å². The Morgan fingerprint density at radius 2 is 1.79 bits per heavy atom. The molecular formula is C21H23NO2. The summed E-state index contributed by atoms with van der Waals surface area (Å²) in [6.07, 6.45) is 1.07. The first-order valence-corrected chi connectivity index (χ1v) is 8.45. The maximum Gasteiger partial charge on any atom is 0.336 e. The van der Waals surface area contributed by atoms with Crippen molar-refractivity contribution in [2.75, 3.05) is 6.54 Å². The van der Waals surface area contributed by atoms with Gasteiger partial charge in [-0.1, -0.05) is 48.9 Å². The Bertz CT molecular complexity index is 868. The van der Waals surface area contributed by atoms with Crippen LogP contribution < -0.4 is 5.63 Å². The highest BCUT2D eigenvalue weighted by Gasteiger charge is 2.11. The van der Waals surface area contributed by atoms with Gasteiger partial charge in [0.1, 0.15) is 5.58 Å². The topological polar surface area (TPSA) is 33.5 Å². The average molecular weight is 321 g/mol. The molecule has 124 valence electrons. The van der Waals surface area contributed by atoms with E-state index in [1.54, 1.807) is 6.07 Å². The highest BCUT2D eigenvalue weighted by atomic mass is 16.4. The molecule has 0 N–H and O–H groups in total. The van der Waals surface area contributed by atoms with Crippen molar-refractivity contribution in [3.05, 3.63) is 81.7 Å². The number of hydrogen-bond donors (Lipinski definition) is 0. The second kappa shape index (κ2) is 7.45. The van der Waals surface area contributed by atoms with E-state index in [1.807, 2.05) is 18.2 Å². The van der Waals surface area contributed by atoms with Crippen LogP contribution in [-0.2, 0) is 13.1 Å². The molecule has 0 aliphatic heterocycles. The van der Waals surface area contributed by atoms with Crippen LogP contribution in [0, 0.1) is 6.92 Å². The van der Waals surface area contributed by atoms with Crippen LogP contribution in [0.25, 0.3) is 11.0 Å². The predicted molar refractivity (Wildman–Crippen MR) is 98.1 cm³/mol. The van der Waals surface area contributed by atoms with Gasteiger partial charge in [-0.2, -0.15) is 0 Å². The number of aryl methyl sites for hydroxylation is 1. The van der Waals surface area contributed by atoms with Gasteiger partial charge in [0.25, 0.3) is 0 Å². The molecule has 0 bridgehead atoms. The molecule has 24 heavy (non-hydrogen) atoms. The van der Waals surface area contributed by atoms with Crippen LogP contribution in [0.3, 0.4) is 0 Å². The number of nitrogens with zero attached hydrogens (tertiary/aromatic N) is 1. The standard InChI is InChI=1S/C21H23NO2/c1-3-11-22(14-17-7-5-4-6-8-17)15-18-13-21(23)24-20-10-9-16(2)12-19(18)20/h4-10,12-13H,3,11,14-15H2,1-2H3. The van der Waals surface area contributed by atoms with Gasteiger partial charge < -0.3 is 4.42 Å². The van der Waals surface area contributed by atoms with Gasteiger partial charge in [-0.05, 0) is 43.1 Å². The Balaban J connectivity index is 1.93. The second-order valence-corrected chi connectivity index (χ2v) is 6.29. The molecule has 0 amide bonds. The van der Waals surface area contributed by atoms with Crippen molar-refractivity contribution in [3.8, 4) is 0 Å². The molecule has 0 fully saturated rings. The van der Waals surface area contributed by atoms with E-state index in [1.165, 1.54) is 11.1 Å². The fourth-order valence-corrected chi connectivity index (χ4v) is 3.09. The molecule has 0 spiro atoms. The number of hydrogen-bond acceptors (Lipinski definition) is 3. The summed E-state index contributed by atoms with van der Waals surface area (Å²) in [6, 6.07) is 18.0. The smallest absolute Gasteiger partial charge is 0.336 e. The molecule has 0 saturated heterocycles. The Morgan fingerprint density at radius 3 is 2.54 bits per heavy atom. The monoisotopic (exact) mass is 321 g/mol. The Morgan fingerprint density at radius 1 is 1.00 bits per heavy atom. The molecule has 3 aromatic rings. The van der Waals surface area contributed by atoms with E-state index in [4.69, 9.17) is 4.42 Å². The SMILES string of the molecule is CCCN(Cc1ccccc1)Cc1cc(=O)oc2ccc(C)cc12. The van der Waals surface area contributed by atoms with Gasteiger partial charge in [0.15, 0.2) is 0 Å². The predicted octanol–water partition coefficient (Wildman–Crippen LogP) is 4.51. The van der Waals surface area contributed by atoms with Crippen molar-refractivity contribution >= 4 is 11.0 Å². The van der Waals surface area contributed by atoms with Crippen molar-refractivity contribution in [3.63, 3.8) is 0 Å². The van der Waals surface area contributed by atoms with Gasteiger partial charge in [-0.15, -0.1) is 0 Å². The Hall–Kier alpha value is -2.39. The lowest BCUT2D eigenvalue weighted by molar-refractivity contribution is 0.258. The van der Waals surface area contributed by atoms with E-state index < -0.39 is 0 Å². The second-order valence-electron chi connectivity index (χ2n) is 6.29. The molecule has 1 heterocycles. The van der Waals surface area contributed by atoms with Crippen LogP contribution >= 0.6 is 0 Å². The minimum absolute atomic E-state index is 0.280. The molecule has 0 unspecified atom stereocenters. The summed E-state index contributed by atoms with van der Waals surface area (Å²) in [4.78, 5) is 14.3. The molecular weight excluding hydrogens is 298 g/mol. The number of fused-ring (bicyclic) bond motifs is 1. The molecule has 1 aromatic heterocycles. The molecule has 0 saturated carbocycles. The van der Waals surface area contributed by atoms with Crippen LogP contribution in [0.2, 0.25) is 0 Å². The van der Waals surface area contributed by atoms with Crippen molar-refractivity contribution in [2.24, 2.45) is 0 Å². The fraction of sp³-hybridized carbons (Fsp3) is 0.286.